The van der Waals surface area contributed by atoms with Gasteiger partial charge in [-0.2, -0.15) is 0 Å². The number of amides is 1. The summed E-state index contributed by atoms with van der Waals surface area (Å²) in [5.74, 6) is -0.128. The Morgan fingerprint density at radius 2 is 0.958 bits per heavy atom. The third-order valence-electron chi connectivity index (χ3n) is 12.6. The number of hydrogen-bond acceptors (Lipinski definition) is 13. The summed E-state index contributed by atoms with van der Waals surface area (Å²) < 4.78 is 85.0. The van der Waals surface area contributed by atoms with Crippen molar-refractivity contribution in [1.82, 2.24) is 0 Å². The summed E-state index contributed by atoms with van der Waals surface area (Å²) in [6.07, 6.45) is 0. The first-order valence-corrected chi connectivity index (χ1v) is 26.9. The average Bonchev–Trinajstić information content (AvgIpc) is 3.57. The Morgan fingerprint density at radius 3 is 1.31 bits per heavy atom. The second kappa shape index (κ2) is 21.6. The molecule has 0 saturated carbocycles. The second-order valence-electron chi connectivity index (χ2n) is 22.5. The molecule has 71 heavy (non-hydrogen) atoms. The molecular weight excluding hydrogens is 966 g/mol. The topological polar surface area (TPSA) is 196 Å². The lowest BCUT2D eigenvalue weighted by atomic mass is 9.76. The first kappa shape index (κ1) is 59.1. The lowest BCUT2D eigenvalue weighted by Gasteiger charge is -2.32. The van der Waals surface area contributed by atoms with Crippen molar-refractivity contribution >= 4 is 79.0 Å². The van der Waals surface area contributed by atoms with Crippen LogP contribution in [0.1, 0.15) is 129 Å². The molecule has 0 unspecified atom stereocenters. The molecule has 6 rings (SSSR count). The molecule has 19 heteroatoms. The summed E-state index contributed by atoms with van der Waals surface area (Å²) in [6, 6.07) is 19.8. The summed E-state index contributed by atoms with van der Waals surface area (Å²) >= 11 is 5.36. The molecule has 0 radical (unpaired) electrons. The van der Waals surface area contributed by atoms with Gasteiger partial charge in [-0.3, -0.25) is 9.59 Å². The van der Waals surface area contributed by atoms with E-state index in [1.165, 1.54) is 50.6 Å². The second-order valence-corrected chi connectivity index (χ2v) is 26.7. The number of nitrogen functional groups attached to an aromatic ring is 1. The van der Waals surface area contributed by atoms with E-state index in [1.54, 1.807) is 6.07 Å². The number of benzene rings is 4. The van der Waals surface area contributed by atoms with E-state index in [4.69, 9.17) is 45.4 Å². The van der Waals surface area contributed by atoms with E-state index in [2.05, 4.69) is 33.0 Å². The normalized spacial score (nSPS) is 17.1. The SMILES string of the molecule is COc1cc(C(=O)Cl)ccc1S(=O)(=O)CC(C)(C)C.COc1cc(C(=O)Nc2ccc(B3OC(C)(C)C(C)(C)O3)c(C)c2)ccc1S(=O)(=O)CC(C)(C)C.Cc1cc(N)ccc1B1OC(C)(C)C(C)(C)O1. The van der Waals surface area contributed by atoms with E-state index in [0.717, 1.165) is 27.7 Å². The molecule has 388 valence electrons. The van der Waals surface area contributed by atoms with Crippen LogP contribution in [0, 0.1) is 24.7 Å². The molecule has 0 aliphatic carbocycles. The van der Waals surface area contributed by atoms with Gasteiger partial charge in [0, 0.05) is 22.5 Å². The fourth-order valence-corrected chi connectivity index (χ4v) is 11.7. The number of nitrogens with one attached hydrogen (secondary N) is 1. The molecule has 1 amide bonds. The van der Waals surface area contributed by atoms with Crippen LogP contribution in [-0.4, -0.2) is 90.4 Å². The Morgan fingerprint density at radius 1 is 0.592 bits per heavy atom. The van der Waals surface area contributed by atoms with Crippen molar-refractivity contribution in [3.63, 3.8) is 0 Å². The van der Waals surface area contributed by atoms with E-state index in [9.17, 15) is 26.4 Å². The van der Waals surface area contributed by atoms with Crippen LogP contribution in [0.25, 0.3) is 0 Å². The number of rotatable bonds is 11. The van der Waals surface area contributed by atoms with Crippen molar-refractivity contribution < 1.29 is 54.5 Å². The fraction of sp³-hybridized carbons (Fsp3) is 0.500. The highest BCUT2D eigenvalue weighted by Crippen LogP contribution is 2.38. The van der Waals surface area contributed by atoms with Crippen molar-refractivity contribution in [3.05, 3.63) is 95.1 Å². The number of halogens is 1. The molecule has 2 heterocycles. The largest absolute Gasteiger partial charge is 0.495 e. The number of carbonyl (C=O) groups excluding carboxylic acids is 2. The maximum Gasteiger partial charge on any atom is 0.495 e. The van der Waals surface area contributed by atoms with E-state index in [-0.39, 0.29) is 68.0 Å². The van der Waals surface area contributed by atoms with Crippen molar-refractivity contribution in [1.29, 1.82) is 0 Å². The number of nitrogens with two attached hydrogens (primary N) is 1. The van der Waals surface area contributed by atoms with Crippen LogP contribution in [-0.2, 0) is 38.3 Å². The maximum absolute atomic E-state index is 12.9. The number of sulfone groups is 2. The van der Waals surface area contributed by atoms with Crippen LogP contribution in [0.4, 0.5) is 11.4 Å². The molecule has 4 aromatic carbocycles. The Balaban J connectivity index is 0.000000256. The third-order valence-corrected chi connectivity index (χ3v) is 17.3. The fourth-order valence-electron chi connectivity index (χ4n) is 7.53. The van der Waals surface area contributed by atoms with Gasteiger partial charge < -0.3 is 39.1 Å². The zero-order chi connectivity index (χ0) is 54.1. The van der Waals surface area contributed by atoms with Gasteiger partial charge in [-0.1, -0.05) is 53.7 Å². The van der Waals surface area contributed by atoms with Crippen LogP contribution in [0.2, 0.25) is 0 Å². The van der Waals surface area contributed by atoms with E-state index < -0.39 is 48.7 Å². The Hall–Kier alpha value is -4.42. The molecule has 2 saturated heterocycles. The van der Waals surface area contributed by atoms with Crippen LogP contribution in [0.5, 0.6) is 11.5 Å². The van der Waals surface area contributed by atoms with Gasteiger partial charge in [-0.15, -0.1) is 0 Å². The van der Waals surface area contributed by atoms with Crippen molar-refractivity contribution in [2.24, 2.45) is 10.8 Å². The van der Waals surface area contributed by atoms with Crippen LogP contribution < -0.4 is 31.4 Å². The predicted molar refractivity (Wildman–Crippen MR) is 285 cm³/mol. The molecule has 0 bridgehead atoms. The summed E-state index contributed by atoms with van der Waals surface area (Å²) in [5.41, 5.74) is 9.33. The molecule has 0 atom stereocenters. The van der Waals surface area contributed by atoms with Gasteiger partial charge in [0.2, 0.25) is 0 Å². The molecule has 3 N–H and O–H groups in total. The van der Waals surface area contributed by atoms with Gasteiger partial charge in [-0.25, -0.2) is 16.8 Å². The molecule has 0 spiro atoms. The number of anilines is 2. The molecule has 2 aliphatic heterocycles. The quantitative estimate of drug-likeness (QED) is 0.0821. The van der Waals surface area contributed by atoms with Gasteiger partial charge in [0.1, 0.15) is 21.3 Å². The summed E-state index contributed by atoms with van der Waals surface area (Å²) in [6.45, 7) is 31.3. The first-order valence-electron chi connectivity index (χ1n) is 23.3. The van der Waals surface area contributed by atoms with E-state index >= 15 is 0 Å². The Kier molecular flexibility index (Phi) is 18.0. The van der Waals surface area contributed by atoms with Gasteiger partial charge >= 0.3 is 14.2 Å². The summed E-state index contributed by atoms with van der Waals surface area (Å²) in [4.78, 5) is 24.1. The average molecular weight is 1040 g/mol. The molecule has 2 aliphatic rings. The molecule has 0 aromatic heterocycles. The van der Waals surface area contributed by atoms with Crippen LogP contribution in [0.3, 0.4) is 0 Å². The van der Waals surface area contributed by atoms with Gasteiger partial charge in [-0.05, 0) is 174 Å². The van der Waals surface area contributed by atoms with Crippen molar-refractivity contribution in [2.75, 3.05) is 36.8 Å². The summed E-state index contributed by atoms with van der Waals surface area (Å²) in [5, 5.41) is 2.22. The first-order chi connectivity index (χ1) is 32.2. The van der Waals surface area contributed by atoms with Gasteiger partial charge in [0.25, 0.3) is 11.1 Å². The lowest BCUT2D eigenvalue weighted by Crippen LogP contribution is -2.41. The number of carbonyl (C=O) groups is 2. The van der Waals surface area contributed by atoms with Crippen LogP contribution in [0.15, 0.2) is 82.6 Å². The zero-order valence-corrected chi connectivity index (χ0v) is 47.1. The smallest absolute Gasteiger partial charge is 0.495 e. The number of ether oxygens (including phenoxy) is 2. The Bertz CT molecular complexity index is 2810. The zero-order valence-electron chi connectivity index (χ0n) is 44.7. The van der Waals surface area contributed by atoms with Crippen LogP contribution >= 0.6 is 11.6 Å². The van der Waals surface area contributed by atoms with Gasteiger partial charge in [0.05, 0.1) is 48.1 Å². The lowest BCUT2D eigenvalue weighted by molar-refractivity contribution is 0.00578. The highest BCUT2D eigenvalue weighted by molar-refractivity contribution is 7.91. The highest BCUT2D eigenvalue weighted by Gasteiger charge is 2.53. The minimum Gasteiger partial charge on any atom is -0.495 e. The molecule has 4 aromatic rings. The van der Waals surface area contributed by atoms with E-state index in [1.807, 2.05) is 113 Å². The molecular formula is C52H73B2ClN2O12S2. The van der Waals surface area contributed by atoms with Crippen molar-refractivity contribution in [2.45, 2.75) is 143 Å². The predicted octanol–water partition coefficient (Wildman–Crippen LogP) is 9.15. The Labute approximate surface area is 428 Å². The molecule has 14 nitrogen and oxygen atoms in total. The van der Waals surface area contributed by atoms with Gasteiger partial charge in [0.15, 0.2) is 19.7 Å². The monoisotopic (exact) mass is 1040 g/mol. The maximum atomic E-state index is 12.9. The minimum absolute atomic E-state index is 0.00940. The number of hydrogen-bond donors (Lipinski definition) is 2. The van der Waals surface area contributed by atoms with E-state index in [0.29, 0.717) is 11.3 Å². The minimum atomic E-state index is -3.58. The van der Waals surface area contributed by atoms with Crippen molar-refractivity contribution in [3.8, 4) is 11.5 Å². The molecule has 2 fully saturated rings. The standard InChI is InChI=1S/C26H36BNO6S.C13H20BNO2.C13H17ClO4S/c1-17-14-19(11-12-20(17)27-33-25(5,6)26(7,8)34-27)28-23(29)18-10-13-22(21(15-18)32-9)35(30,31)16-24(2,3)4;1-9-8-10(15)6-7-11(9)14-16-12(2,3)13(4,5)17-14;1-13(2,3)8-19(16,17)11-6-5-9(12(14)15)7-10(11)18-4/h10-15H,16H2,1-9H3,(H,28,29);6-8H,15H2,1-5H3;5-7H,8H2,1-4H3. The number of methoxy groups -OCH3 is 2. The third kappa shape index (κ3) is 14.9. The number of aryl methyl sites for hydroxylation is 2. The highest BCUT2D eigenvalue weighted by atomic mass is 35.5. The summed E-state index contributed by atoms with van der Waals surface area (Å²) in [7, 11) is -5.11.